The number of Topliss-reactive ketones (excluding diaryl/α,β-unsaturated/α-hetero) is 1. The molecule has 0 aliphatic carbocycles. The molecule has 0 spiro atoms. The smallest absolute Gasteiger partial charge is 0.195 e. The summed E-state index contributed by atoms with van der Waals surface area (Å²) in [5.74, 6) is 0.839. The van der Waals surface area contributed by atoms with Gasteiger partial charge in [-0.2, -0.15) is 0 Å². The zero-order chi connectivity index (χ0) is 17.4. The molecule has 4 rings (SSSR count). The zero-order valence-electron chi connectivity index (χ0n) is 14.3. The van der Waals surface area contributed by atoms with E-state index in [9.17, 15) is 4.79 Å². The van der Waals surface area contributed by atoms with Gasteiger partial charge in [0, 0.05) is 6.20 Å². The lowest BCUT2D eigenvalue weighted by molar-refractivity contribution is -0.118. The molecule has 124 valence electrons. The van der Waals surface area contributed by atoms with Gasteiger partial charge in [-0.15, -0.1) is 0 Å². The molecule has 2 heterocycles. The highest BCUT2D eigenvalue weighted by Gasteiger charge is 2.48. The second kappa shape index (κ2) is 5.78. The Morgan fingerprint density at radius 3 is 2.48 bits per heavy atom. The third-order valence-corrected chi connectivity index (χ3v) is 4.84. The number of ether oxygens (including phenoxy) is 1. The molecule has 1 unspecified atom stereocenters. The maximum Gasteiger partial charge on any atom is 0.195 e. The Kier molecular flexibility index (Phi) is 3.57. The van der Waals surface area contributed by atoms with E-state index in [1.807, 2.05) is 85.9 Å². The monoisotopic (exact) mass is 329 g/mol. The van der Waals surface area contributed by atoms with Crippen molar-refractivity contribution in [3.05, 3.63) is 90.2 Å². The summed E-state index contributed by atoms with van der Waals surface area (Å²) in [6, 6.07) is 17.8. The number of carbonyl (C=O) groups is 1. The van der Waals surface area contributed by atoms with Crippen molar-refractivity contribution in [2.75, 3.05) is 7.11 Å². The Bertz CT molecular complexity index is 924. The molecule has 0 radical (unpaired) electrons. The van der Waals surface area contributed by atoms with Crippen LogP contribution in [0.2, 0.25) is 0 Å². The second-order valence-electron chi connectivity index (χ2n) is 6.37. The minimum atomic E-state index is -0.696. The van der Waals surface area contributed by atoms with Crippen molar-refractivity contribution in [1.82, 2.24) is 4.90 Å². The summed E-state index contributed by atoms with van der Waals surface area (Å²) < 4.78 is 5.36. The fraction of sp³-hybridized carbons (Fsp3) is 0.136. The lowest BCUT2D eigenvalue weighted by atomic mass is 9.89. The maximum absolute atomic E-state index is 13.4. The first-order chi connectivity index (χ1) is 12.1. The Morgan fingerprint density at radius 1 is 0.960 bits per heavy atom. The summed E-state index contributed by atoms with van der Waals surface area (Å²) in [5.41, 5.74) is 2.86. The molecule has 1 atom stereocenters. The molecule has 2 aliphatic rings. The molecule has 0 saturated heterocycles. The van der Waals surface area contributed by atoms with Crippen LogP contribution in [0.4, 0.5) is 0 Å². The molecule has 0 aromatic heterocycles. The van der Waals surface area contributed by atoms with Gasteiger partial charge in [0.25, 0.3) is 0 Å². The average Bonchev–Trinajstić information content (AvgIpc) is 2.90. The Balaban J connectivity index is 1.99. The van der Waals surface area contributed by atoms with Gasteiger partial charge in [-0.05, 0) is 36.3 Å². The van der Waals surface area contributed by atoms with Crippen LogP contribution >= 0.6 is 0 Å². The molecule has 0 fully saturated rings. The van der Waals surface area contributed by atoms with Crippen molar-refractivity contribution in [1.29, 1.82) is 0 Å². The topological polar surface area (TPSA) is 29.5 Å². The van der Waals surface area contributed by atoms with Gasteiger partial charge in [0.1, 0.15) is 11.3 Å². The number of carbonyl (C=O) groups excluding carboxylic acids is 1. The third-order valence-electron chi connectivity index (χ3n) is 4.84. The lowest BCUT2D eigenvalue weighted by Crippen LogP contribution is -2.43. The van der Waals surface area contributed by atoms with Gasteiger partial charge in [-0.25, -0.2) is 0 Å². The predicted molar refractivity (Wildman–Crippen MR) is 99.8 cm³/mol. The fourth-order valence-corrected chi connectivity index (χ4v) is 3.51. The molecular formula is C22H19NO2. The van der Waals surface area contributed by atoms with Crippen LogP contribution < -0.4 is 4.74 Å². The van der Waals surface area contributed by atoms with E-state index in [4.69, 9.17) is 4.74 Å². The number of hydrogen-bond donors (Lipinski definition) is 0. The lowest BCUT2D eigenvalue weighted by Gasteiger charge is -2.34. The van der Waals surface area contributed by atoms with Gasteiger partial charge >= 0.3 is 0 Å². The molecule has 0 N–H and O–H groups in total. The number of benzene rings is 2. The fourth-order valence-electron chi connectivity index (χ4n) is 3.51. The van der Waals surface area contributed by atoms with Crippen LogP contribution in [0.5, 0.6) is 5.75 Å². The van der Waals surface area contributed by atoms with E-state index < -0.39 is 5.54 Å². The van der Waals surface area contributed by atoms with Crippen LogP contribution in [-0.2, 0) is 4.79 Å². The van der Waals surface area contributed by atoms with E-state index in [2.05, 4.69) is 4.90 Å². The van der Waals surface area contributed by atoms with Gasteiger partial charge in [-0.1, -0.05) is 54.6 Å². The van der Waals surface area contributed by atoms with Crippen molar-refractivity contribution in [2.45, 2.75) is 12.5 Å². The maximum atomic E-state index is 13.4. The quantitative estimate of drug-likeness (QED) is 0.841. The third kappa shape index (κ3) is 2.31. The van der Waals surface area contributed by atoms with Crippen molar-refractivity contribution >= 4 is 17.1 Å². The van der Waals surface area contributed by atoms with Gasteiger partial charge in [0.2, 0.25) is 0 Å². The van der Waals surface area contributed by atoms with Gasteiger partial charge in [0.05, 0.1) is 18.4 Å². The number of allylic oxidation sites excluding steroid dienone is 2. The van der Waals surface area contributed by atoms with E-state index >= 15 is 0 Å². The number of hydrogen-bond acceptors (Lipinski definition) is 3. The molecule has 0 bridgehead atoms. The molecule has 2 aliphatic heterocycles. The highest BCUT2D eigenvalue weighted by molar-refractivity contribution is 6.35. The summed E-state index contributed by atoms with van der Waals surface area (Å²) in [7, 11) is 1.64. The van der Waals surface area contributed by atoms with E-state index in [0.717, 1.165) is 28.1 Å². The highest BCUT2D eigenvalue weighted by Crippen LogP contribution is 2.46. The summed E-state index contributed by atoms with van der Waals surface area (Å²) in [6.07, 6.45) is 7.84. The summed E-state index contributed by atoms with van der Waals surface area (Å²) in [4.78, 5) is 15.5. The van der Waals surface area contributed by atoms with E-state index in [0.29, 0.717) is 0 Å². The minimum absolute atomic E-state index is 0.0974. The SMILES string of the molecule is COc1cccc(C2=C(c3ccccc3)N3C=CC=CC3(C)C2=O)c1. The average molecular weight is 329 g/mol. The van der Waals surface area contributed by atoms with Crippen LogP contribution in [0.1, 0.15) is 18.1 Å². The summed E-state index contributed by atoms with van der Waals surface area (Å²) in [6.45, 7) is 1.96. The molecule has 3 heteroatoms. The van der Waals surface area contributed by atoms with Crippen LogP contribution in [0.3, 0.4) is 0 Å². The van der Waals surface area contributed by atoms with Crippen molar-refractivity contribution in [3.63, 3.8) is 0 Å². The molecule has 2 aromatic rings. The normalized spacial score (nSPS) is 21.7. The van der Waals surface area contributed by atoms with Gasteiger partial charge in [0.15, 0.2) is 5.78 Å². The molecule has 25 heavy (non-hydrogen) atoms. The number of ketones is 1. The van der Waals surface area contributed by atoms with Crippen LogP contribution in [0.25, 0.3) is 11.3 Å². The summed E-state index contributed by atoms with van der Waals surface area (Å²) >= 11 is 0. The summed E-state index contributed by atoms with van der Waals surface area (Å²) in [5, 5.41) is 0. The number of fused-ring (bicyclic) bond motifs is 1. The number of rotatable bonds is 3. The Morgan fingerprint density at radius 2 is 1.72 bits per heavy atom. The molecule has 3 nitrogen and oxygen atoms in total. The molecule has 2 aromatic carbocycles. The van der Waals surface area contributed by atoms with E-state index in [1.165, 1.54) is 0 Å². The van der Waals surface area contributed by atoms with Crippen LogP contribution in [0.15, 0.2) is 79.0 Å². The van der Waals surface area contributed by atoms with Crippen molar-refractivity contribution in [3.8, 4) is 5.75 Å². The van der Waals surface area contributed by atoms with Crippen molar-refractivity contribution in [2.24, 2.45) is 0 Å². The second-order valence-corrected chi connectivity index (χ2v) is 6.37. The van der Waals surface area contributed by atoms with E-state index in [1.54, 1.807) is 7.11 Å². The zero-order valence-corrected chi connectivity index (χ0v) is 14.3. The Labute approximate surface area is 147 Å². The van der Waals surface area contributed by atoms with Crippen LogP contribution in [0, 0.1) is 0 Å². The first-order valence-corrected chi connectivity index (χ1v) is 8.29. The molecular weight excluding hydrogens is 310 g/mol. The molecule has 0 saturated carbocycles. The number of nitrogens with zero attached hydrogens (tertiary/aromatic N) is 1. The first-order valence-electron chi connectivity index (χ1n) is 8.29. The molecule has 0 amide bonds. The number of methoxy groups -OCH3 is 1. The standard InChI is InChI=1S/C22H19NO2/c1-22-13-6-7-14-23(22)20(16-9-4-3-5-10-16)19(21(22)24)17-11-8-12-18(15-17)25-2/h3-15H,1-2H3. The van der Waals surface area contributed by atoms with E-state index in [-0.39, 0.29) is 5.78 Å². The first kappa shape index (κ1) is 15.5. The Hall–Kier alpha value is -3.07. The largest absolute Gasteiger partial charge is 0.497 e. The van der Waals surface area contributed by atoms with Crippen LogP contribution in [-0.4, -0.2) is 23.3 Å². The predicted octanol–water partition coefficient (Wildman–Crippen LogP) is 4.29. The van der Waals surface area contributed by atoms with Gasteiger partial charge < -0.3 is 9.64 Å². The van der Waals surface area contributed by atoms with Gasteiger partial charge in [-0.3, -0.25) is 4.79 Å². The van der Waals surface area contributed by atoms with Crippen molar-refractivity contribution < 1.29 is 9.53 Å². The highest BCUT2D eigenvalue weighted by atomic mass is 16.5. The minimum Gasteiger partial charge on any atom is -0.497 e.